The van der Waals surface area contributed by atoms with Gasteiger partial charge in [0.1, 0.15) is 5.82 Å². The van der Waals surface area contributed by atoms with E-state index in [9.17, 15) is 9.59 Å². The minimum atomic E-state index is -0.266. The molecule has 2 N–H and O–H groups in total. The van der Waals surface area contributed by atoms with Crippen molar-refractivity contribution in [3.63, 3.8) is 0 Å². The van der Waals surface area contributed by atoms with Gasteiger partial charge >= 0.3 is 6.03 Å². The molecule has 2 heterocycles. The van der Waals surface area contributed by atoms with E-state index >= 15 is 0 Å². The monoisotopic (exact) mass is 453 g/mol. The molecular formula is C24H31N5O2S. The van der Waals surface area contributed by atoms with Crippen molar-refractivity contribution in [2.24, 2.45) is 0 Å². The van der Waals surface area contributed by atoms with Gasteiger partial charge < -0.3 is 20.4 Å². The van der Waals surface area contributed by atoms with Gasteiger partial charge in [0.15, 0.2) is 0 Å². The topological polar surface area (TPSA) is 77.6 Å². The van der Waals surface area contributed by atoms with Crippen molar-refractivity contribution in [1.29, 1.82) is 0 Å². The molecule has 4 rings (SSSR count). The summed E-state index contributed by atoms with van der Waals surface area (Å²) in [5.41, 5.74) is 0.832. The van der Waals surface area contributed by atoms with Crippen LogP contribution in [0, 0.1) is 0 Å². The quantitative estimate of drug-likeness (QED) is 0.663. The van der Waals surface area contributed by atoms with Gasteiger partial charge in [-0.05, 0) is 37.1 Å². The molecule has 1 saturated carbocycles. The second-order valence-electron chi connectivity index (χ2n) is 8.21. The van der Waals surface area contributed by atoms with Gasteiger partial charge in [-0.3, -0.25) is 4.79 Å². The fraction of sp³-hybridized carbons (Fsp3) is 0.458. The van der Waals surface area contributed by atoms with E-state index in [1.54, 1.807) is 6.20 Å². The van der Waals surface area contributed by atoms with E-state index in [1.165, 1.54) is 25.7 Å². The van der Waals surface area contributed by atoms with Gasteiger partial charge in [0, 0.05) is 55.5 Å². The van der Waals surface area contributed by atoms with Gasteiger partial charge in [-0.1, -0.05) is 31.0 Å². The molecule has 3 amide bonds. The Balaban J connectivity index is 1.18. The van der Waals surface area contributed by atoms with Crippen molar-refractivity contribution in [2.75, 3.05) is 42.9 Å². The molecule has 0 unspecified atom stereocenters. The average Bonchev–Trinajstić information content (AvgIpc) is 3.34. The molecule has 1 aromatic heterocycles. The molecule has 2 aliphatic rings. The van der Waals surface area contributed by atoms with Crippen LogP contribution in [0.4, 0.5) is 16.3 Å². The van der Waals surface area contributed by atoms with Crippen LogP contribution < -0.4 is 15.5 Å². The van der Waals surface area contributed by atoms with Crippen molar-refractivity contribution >= 4 is 35.2 Å². The fourth-order valence-corrected chi connectivity index (χ4v) is 5.52. The summed E-state index contributed by atoms with van der Waals surface area (Å²) in [4.78, 5) is 34.5. The maximum absolute atomic E-state index is 12.5. The summed E-state index contributed by atoms with van der Waals surface area (Å²) in [5.74, 6) is 1.02. The molecule has 2 aromatic rings. The number of amides is 3. The number of para-hydroxylation sites is 1. The second-order valence-corrected chi connectivity index (χ2v) is 9.55. The van der Waals surface area contributed by atoms with E-state index in [0.29, 0.717) is 31.3 Å². The SMILES string of the molecule is O=C(NCCC(=O)N1CCN(c2ccccn2)CC1)Nc1ccccc1SC1CCCC1. The van der Waals surface area contributed by atoms with Gasteiger partial charge in [-0.2, -0.15) is 0 Å². The number of aromatic nitrogens is 1. The minimum absolute atomic E-state index is 0.0724. The number of anilines is 2. The highest BCUT2D eigenvalue weighted by Crippen LogP contribution is 2.37. The van der Waals surface area contributed by atoms with Crippen molar-refractivity contribution in [1.82, 2.24) is 15.2 Å². The molecule has 7 nitrogen and oxygen atoms in total. The molecule has 170 valence electrons. The van der Waals surface area contributed by atoms with Crippen LogP contribution in [0.2, 0.25) is 0 Å². The number of carbonyl (C=O) groups excluding carboxylic acids is 2. The summed E-state index contributed by atoms with van der Waals surface area (Å²) in [5, 5.41) is 6.42. The number of urea groups is 1. The average molecular weight is 454 g/mol. The molecule has 8 heteroatoms. The molecule has 32 heavy (non-hydrogen) atoms. The summed E-state index contributed by atoms with van der Waals surface area (Å²) in [6.45, 7) is 3.21. The fourth-order valence-electron chi connectivity index (χ4n) is 4.19. The standard InChI is InChI=1S/C24H31N5O2S/c30-23(29-17-15-28(16-18-29)22-11-5-6-13-25-22)12-14-26-24(31)27-20-9-3-4-10-21(20)32-19-7-1-2-8-19/h3-6,9-11,13,19H,1-2,7-8,12,14-18H2,(H2,26,27,31). The number of rotatable bonds is 7. The number of piperazine rings is 1. The van der Waals surface area contributed by atoms with Crippen molar-refractivity contribution < 1.29 is 9.59 Å². The predicted octanol–water partition coefficient (Wildman–Crippen LogP) is 3.98. The van der Waals surface area contributed by atoms with Gasteiger partial charge in [0.2, 0.25) is 5.91 Å². The van der Waals surface area contributed by atoms with Crippen LogP contribution in [0.15, 0.2) is 53.6 Å². The maximum atomic E-state index is 12.5. The smallest absolute Gasteiger partial charge is 0.319 e. The lowest BCUT2D eigenvalue weighted by molar-refractivity contribution is -0.131. The lowest BCUT2D eigenvalue weighted by Crippen LogP contribution is -2.49. The minimum Gasteiger partial charge on any atom is -0.353 e. The number of nitrogens with zero attached hydrogens (tertiary/aromatic N) is 3. The van der Waals surface area contributed by atoms with Crippen molar-refractivity contribution in [2.45, 2.75) is 42.2 Å². The van der Waals surface area contributed by atoms with Crippen molar-refractivity contribution in [3.8, 4) is 0 Å². The molecular weight excluding hydrogens is 422 g/mol. The summed E-state index contributed by atoms with van der Waals surface area (Å²) >= 11 is 1.85. The first kappa shape index (κ1) is 22.5. The Morgan fingerprint density at radius 2 is 1.75 bits per heavy atom. The van der Waals surface area contributed by atoms with E-state index in [-0.39, 0.29) is 11.9 Å². The summed E-state index contributed by atoms with van der Waals surface area (Å²) in [6.07, 6.45) is 7.15. The molecule has 1 saturated heterocycles. The van der Waals surface area contributed by atoms with E-state index in [1.807, 2.05) is 53.1 Å². The summed E-state index contributed by atoms with van der Waals surface area (Å²) < 4.78 is 0. The van der Waals surface area contributed by atoms with E-state index < -0.39 is 0 Å². The first-order valence-corrected chi connectivity index (χ1v) is 12.3. The predicted molar refractivity (Wildman–Crippen MR) is 129 cm³/mol. The van der Waals surface area contributed by atoms with Gasteiger partial charge in [0.25, 0.3) is 0 Å². The van der Waals surface area contributed by atoms with Crippen LogP contribution >= 0.6 is 11.8 Å². The summed E-state index contributed by atoms with van der Waals surface area (Å²) in [7, 11) is 0. The van der Waals surface area contributed by atoms with Crippen LogP contribution in [0.3, 0.4) is 0 Å². The highest BCUT2D eigenvalue weighted by atomic mass is 32.2. The van der Waals surface area contributed by atoms with E-state index in [0.717, 1.165) is 29.5 Å². The number of nitrogens with one attached hydrogen (secondary N) is 2. The number of carbonyl (C=O) groups is 2. The van der Waals surface area contributed by atoms with Crippen LogP contribution in [-0.4, -0.2) is 59.8 Å². The zero-order chi connectivity index (χ0) is 22.2. The molecule has 2 fully saturated rings. The number of pyridine rings is 1. The Kier molecular flexibility index (Phi) is 7.87. The lowest BCUT2D eigenvalue weighted by atomic mass is 10.2. The Morgan fingerprint density at radius 1 is 1.00 bits per heavy atom. The van der Waals surface area contributed by atoms with Gasteiger partial charge in [-0.15, -0.1) is 11.8 Å². The molecule has 0 radical (unpaired) electrons. The zero-order valence-electron chi connectivity index (χ0n) is 18.3. The molecule has 0 atom stereocenters. The van der Waals surface area contributed by atoms with Crippen LogP contribution in [0.1, 0.15) is 32.1 Å². The van der Waals surface area contributed by atoms with Gasteiger partial charge in [0.05, 0.1) is 5.69 Å². The Morgan fingerprint density at radius 3 is 2.50 bits per heavy atom. The third-order valence-corrected chi connectivity index (χ3v) is 7.38. The highest BCUT2D eigenvalue weighted by Gasteiger charge is 2.22. The Labute approximate surface area is 194 Å². The largest absolute Gasteiger partial charge is 0.353 e. The third kappa shape index (κ3) is 6.16. The first-order valence-electron chi connectivity index (χ1n) is 11.4. The van der Waals surface area contributed by atoms with E-state index in [4.69, 9.17) is 0 Å². The molecule has 1 aliphatic carbocycles. The number of hydrogen-bond donors (Lipinski definition) is 2. The number of hydrogen-bond acceptors (Lipinski definition) is 5. The first-order chi connectivity index (χ1) is 15.7. The number of thioether (sulfide) groups is 1. The lowest BCUT2D eigenvalue weighted by Gasteiger charge is -2.35. The van der Waals surface area contributed by atoms with Crippen LogP contribution in [0.25, 0.3) is 0 Å². The normalized spacial score (nSPS) is 16.8. The third-order valence-electron chi connectivity index (χ3n) is 5.96. The summed E-state index contributed by atoms with van der Waals surface area (Å²) in [6, 6.07) is 13.5. The van der Waals surface area contributed by atoms with E-state index in [2.05, 4.69) is 26.6 Å². The number of benzene rings is 1. The molecule has 0 bridgehead atoms. The Bertz CT molecular complexity index is 896. The van der Waals surface area contributed by atoms with Crippen molar-refractivity contribution in [3.05, 3.63) is 48.7 Å². The maximum Gasteiger partial charge on any atom is 0.319 e. The Hall–Kier alpha value is -2.74. The molecule has 1 aliphatic heterocycles. The zero-order valence-corrected chi connectivity index (χ0v) is 19.2. The van der Waals surface area contributed by atoms with Gasteiger partial charge in [-0.25, -0.2) is 9.78 Å². The molecule has 0 spiro atoms. The second kappa shape index (κ2) is 11.2. The van der Waals surface area contributed by atoms with Crippen LogP contribution in [0.5, 0.6) is 0 Å². The highest BCUT2D eigenvalue weighted by molar-refractivity contribution is 8.00. The van der Waals surface area contributed by atoms with Crippen LogP contribution in [-0.2, 0) is 4.79 Å². The molecule has 1 aromatic carbocycles.